The number of benzene rings is 1. The molecule has 0 aliphatic carbocycles. The fourth-order valence-corrected chi connectivity index (χ4v) is 4.61. The van der Waals surface area contributed by atoms with Gasteiger partial charge in [0.15, 0.2) is 5.75 Å². The molecule has 2 fully saturated rings. The lowest BCUT2D eigenvalue weighted by molar-refractivity contribution is -0.274. The van der Waals surface area contributed by atoms with E-state index in [2.05, 4.69) is 15.0 Å². The second-order valence-corrected chi connectivity index (χ2v) is 11.3. The Labute approximate surface area is 258 Å². The van der Waals surface area contributed by atoms with Crippen molar-refractivity contribution in [3.8, 4) is 5.75 Å². The molecule has 0 atom stereocenters. The second kappa shape index (κ2) is 13.5. The van der Waals surface area contributed by atoms with Crippen molar-refractivity contribution >= 4 is 35.2 Å². The van der Waals surface area contributed by atoms with Crippen LogP contribution in [0.3, 0.4) is 0 Å². The van der Waals surface area contributed by atoms with Gasteiger partial charge in [0, 0.05) is 32.0 Å². The molecule has 2 aromatic rings. The van der Waals surface area contributed by atoms with E-state index >= 15 is 0 Å². The highest BCUT2D eigenvalue weighted by Crippen LogP contribution is 2.38. The van der Waals surface area contributed by atoms with Gasteiger partial charge in [0.2, 0.25) is 5.91 Å². The van der Waals surface area contributed by atoms with Gasteiger partial charge in [0.05, 0.1) is 30.1 Å². The lowest BCUT2D eigenvalue weighted by Gasteiger charge is -2.37. The summed E-state index contributed by atoms with van der Waals surface area (Å²) in [7, 11) is 0. The number of carbonyl (C=O) groups is 4. The normalized spacial score (nSPS) is 18.1. The van der Waals surface area contributed by atoms with E-state index in [0.29, 0.717) is 19.7 Å². The number of nitrogens with one attached hydrogen (secondary N) is 1. The highest BCUT2D eigenvalue weighted by atomic mass is 19.4. The van der Waals surface area contributed by atoms with E-state index in [0.717, 1.165) is 22.6 Å². The first-order valence-corrected chi connectivity index (χ1v) is 13.5. The van der Waals surface area contributed by atoms with Crippen LogP contribution in [-0.4, -0.2) is 93.6 Å². The number of amides is 4. The Morgan fingerprint density at radius 2 is 1.65 bits per heavy atom. The maximum atomic E-state index is 13.4. The zero-order valence-corrected chi connectivity index (χ0v) is 25.0. The van der Waals surface area contributed by atoms with Crippen LogP contribution in [0.15, 0.2) is 42.7 Å². The molecule has 2 aliphatic rings. The Bertz CT molecular complexity index is 1450. The number of nitrogens with zero attached hydrogens (tertiary/aromatic N) is 4. The average Bonchev–Trinajstić information content (AvgIpc) is 3.08. The van der Waals surface area contributed by atoms with E-state index < -0.39 is 53.2 Å². The number of carboxylic acids is 1. The van der Waals surface area contributed by atoms with Crippen LogP contribution in [0.25, 0.3) is 0 Å². The number of carboxylic acid groups (broad SMARTS) is 1. The second-order valence-electron chi connectivity index (χ2n) is 11.3. The number of aliphatic carboxylic acids is 1. The number of carbonyl (C=O) groups excluding carboxylic acids is 3. The third kappa shape index (κ3) is 9.29. The summed E-state index contributed by atoms with van der Waals surface area (Å²) in [5.41, 5.74) is -1.31. The van der Waals surface area contributed by atoms with Crippen LogP contribution < -0.4 is 15.0 Å². The van der Waals surface area contributed by atoms with Crippen molar-refractivity contribution in [1.29, 1.82) is 0 Å². The standard InChI is InChI=1S/C26H30F3N5O5.C2HF3O2/c1-24(2)16-32(11-12-38-24)15-21(35)31-19-13-18(5-6-20(19)39-26(27,28)29)34-22(36)25(3,4)33(23(34)37)14-17-7-9-30-10-8-17;3-2(4,5)1(6)7/h5-10,13H,11-12,14-16H2,1-4H3,(H,31,35);(H,6,7). The van der Waals surface area contributed by atoms with Crippen molar-refractivity contribution in [1.82, 2.24) is 14.8 Å². The molecule has 46 heavy (non-hydrogen) atoms. The van der Waals surface area contributed by atoms with Crippen LogP contribution in [-0.2, 0) is 25.7 Å². The van der Waals surface area contributed by atoms with Gasteiger partial charge in [-0.3, -0.25) is 19.5 Å². The molecule has 1 aromatic heterocycles. The number of hydrogen-bond acceptors (Lipinski definition) is 8. The van der Waals surface area contributed by atoms with Crippen LogP contribution in [0.1, 0.15) is 33.3 Å². The van der Waals surface area contributed by atoms with Gasteiger partial charge < -0.3 is 24.8 Å². The molecule has 0 spiro atoms. The van der Waals surface area contributed by atoms with Gasteiger partial charge in [0.25, 0.3) is 5.91 Å². The Balaban J connectivity index is 0.000000738. The molecule has 0 radical (unpaired) electrons. The van der Waals surface area contributed by atoms with Crippen LogP contribution in [0, 0.1) is 0 Å². The molecule has 4 rings (SSSR count). The number of morpholine rings is 1. The molecule has 0 bridgehead atoms. The number of pyridine rings is 1. The first kappa shape index (κ1) is 36.0. The number of ether oxygens (including phenoxy) is 2. The summed E-state index contributed by atoms with van der Waals surface area (Å²) < 4.78 is 80.8. The first-order valence-electron chi connectivity index (χ1n) is 13.5. The van der Waals surface area contributed by atoms with E-state index in [1.54, 1.807) is 38.4 Å². The highest BCUT2D eigenvalue weighted by molar-refractivity contribution is 6.23. The Kier molecular flexibility index (Phi) is 10.6. The van der Waals surface area contributed by atoms with Crippen LogP contribution in [0.2, 0.25) is 0 Å². The zero-order chi connectivity index (χ0) is 34.7. The number of rotatable bonds is 7. The predicted octanol–water partition coefficient (Wildman–Crippen LogP) is 4.41. The molecule has 0 saturated carbocycles. The van der Waals surface area contributed by atoms with Crippen molar-refractivity contribution in [2.75, 3.05) is 36.5 Å². The number of anilines is 2. The van der Waals surface area contributed by atoms with Gasteiger partial charge in [-0.2, -0.15) is 13.2 Å². The molecule has 0 unspecified atom stereocenters. The van der Waals surface area contributed by atoms with E-state index in [1.165, 1.54) is 11.0 Å². The molecule has 252 valence electrons. The molecular formula is C28H31F6N5O7. The number of halogens is 6. The van der Waals surface area contributed by atoms with Gasteiger partial charge in [-0.15, -0.1) is 13.2 Å². The smallest absolute Gasteiger partial charge is 0.475 e. The summed E-state index contributed by atoms with van der Waals surface area (Å²) in [5, 5.41) is 9.58. The quantitative estimate of drug-likeness (QED) is 0.326. The van der Waals surface area contributed by atoms with Gasteiger partial charge in [-0.1, -0.05) is 0 Å². The molecule has 2 aliphatic heterocycles. The third-order valence-electron chi connectivity index (χ3n) is 6.75. The van der Waals surface area contributed by atoms with Gasteiger partial charge >= 0.3 is 24.5 Å². The Morgan fingerprint density at radius 3 is 2.20 bits per heavy atom. The van der Waals surface area contributed by atoms with E-state index in [4.69, 9.17) is 14.6 Å². The summed E-state index contributed by atoms with van der Waals surface area (Å²) in [4.78, 5) is 56.5. The van der Waals surface area contributed by atoms with E-state index in [9.17, 15) is 40.7 Å². The summed E-state index contributed by atoms with van der Waals surface area (Å²) in [5.74, 6) is -4.59. The minimum atomic E-state index is -5.08. The van der Waals surface area contributed by atoms with Crippen molar-refractivity contribution < 1.29 is 60.1 Å². The van der Waals surface area contributed by atoms with Crippen LogP contribution >= 0.6 is 0 Å². The van der Waals surface area contributed by atoms with Crippen molar-refractivity contribution in [2.24, 2.45) is 0 Å². The number of alkyl halides is 6. The monoisotopic (exact) mass is 663 g/mol. The lowest BCUT2D eigenvalue weighted by atomic mass is 10.0. The summed E-state index contributed by atoms with van der Waals surface area (Å²) >= 11 is 0. The summed E-state index contributed by atoms with van der Waals surface area (Å²) in [6.07, 6.45) is -6.98. The fraction of sp³-hybridized carbons (Fsp3) is 0.464. The highest BCUT2D eigenvalue weighted by Gasteiger charge is 2.52. The maximum Gasteiger partial charge on any atom is 0.573 e. The average molecular weight is 664 g/mol. The lowest BCUT2D eigenvalue weighted by Crippen LogP contribution is -2.50. The van der Waals surface area contributed by atoms with Gasteiger partial charge in [0.1, 0.15) is 5.54 Å². The number of hydrogen-bond donors (Lipinski definition) is 2. The van der Waals surface area contributed by atoms with Gasteiger partial charge in [-0.25, -0.2) is 14.5 Å². The molecule has 12 nitrogen and oxygen atoms in total. The summed E-state index contributed by atoms with van der Waals surface area (Å²) in [6.45, 7) is 8.27. The number of urea groups is 1. The molecule has 2 saturated heterocycles. The topological polar surface area (TPSA) is 142 Å². The molecule has 2 N–H and O–H groups in total. The molecule has 1 aromatic carbocycles. The van der Waals surface area contributed by atoms with E-state index in [1.807, 2.05) is 18.7 Å². The van der Waals surface area contributed by atoms with Crippen molar-refractivity contribution in [2.45, 2.75) is 57.9 Å². The minimum Gasteiger partial charge on any atom is -0.475 e. The third-order valence-corrected chi connectivity index (χ3v) is 6.75. The molecular weight excluding hydrogens is 632 g/mol. The first-order chi connectivity index (χ1) is 21.1. The van der Waals surface area contributed by atoms with E-state index in [-0.39, 0.29) is 24.5 Å². The van der Waals surface area contributed by atoms with Crippen LogP contribution in [0.4, 0.5) is 42.5 Å². The maximum absolute atomic E-state index is 13.4. The van der Waals surface area contributed by atoms with Crippen LogP contribution in [0.5, 0.6) is 5.75 Å². The summed E-state index contributed by atoms with van der Waals surface area (Å²) in [6, 6.07) is 6.04. The van der Waals surface area contributed by atoms with Crippen molar-refractivity contribution in [3.63, 3.8) is 0 Å². The SMILES string of the molecule is CC1(C)CN(CC(=O)Nc2cc(N3C(=O)N(Cc4ccncc4)C(C)(C)C3=O)ccc2OC(F)(F)F)CCO1.O=C(O)C(F)(F)F. The minimum absolute atomic E-state index is 0.00682. The zero-order valence-electron chi connectivity index (χ0n) is 25.0. The number of aromatic nitrogens is 1. The molecule has 3 heterocycles. The van der Waals surface area contributed by atoms with Crippen molar-refractivity contribution in [3.05, 3.63) is 48.3 Å². The Morgan fingerprint density at radius 1 is 1.04 bits per heavy atom. The largest absolute Gasteiger partial charge is 0.573 e. The Hall–Kier alpha value is -4.45. The predicted molar refractivity (Wildman–Crippen MR) is 149 cm³/mol. The van der Waals surface area contributed by atoms with Gasteiger partial charge in [-0.05, 0) is 63.6 Å². The molecule has 4 amide bonds. The fourth-order valence-electron chi connectivity index (χ4n) is 4.61. The molecule has 18 heteroatoms. The number of imide groups is 1.